The van der Waals surface area contributed by atoms with Gasteiger partial charge in [-0.2, -0.15) is 0 Å². The Morgan fingerprint density at radius 3 is 1.31 bits per heavy atom. The first-order valence-electron chi connectivity index (χ1n) is 10.7. The Labute approximate surface area is 161 Å². The monoisotopic (exact) mass is 370 g/mol. The largest absolute Gasteiger partial charge is 0.466 e. The van der Waals surface area contributed by atoms with Crippen molar-refractivity contribution in [2.45, 2.75) is 105 Å². The van der Waals surface area contributed by atoms with Crippen molar-refractivity contribution in [3.8, 4) is 0 Å². The second-order valence-corrected chi connectivity index (χ2v) is 8.13. The number of carbonyl (C=O) groups excluding carboxylic acids is 2. The van der Waals surface area contributed by atoms with E-state index in [2.05, 4.69) is 27.7 Å². The molecule has 0 radical (unpaired) electrons. The SMILES string of the molecule is CC(C)CCCCCC(=O)OCCCCOC(=O)CCCCCC(C)C. The van der Waals surface area contributed by atoms with E-state index < -0.39 is 0 Å². The van der Waals surface area contributed by atoms with E-state index in [-0.39, 0.29) is 11.9 Å². The number of carbonyl (C=O) groups is 2. The quantitative estimate of drug-likeness (QED) is 0.230. The van der Waals surface area contributed by atoms with Crippen LogP contribution in [0.25, 0.3) is 0 Å². The van der Waals surface area contributed by atoms with Crippen molar-refractivity contribution in [3.05, 3.63) is 0 Å². The van der Waals surface area contributed by atoms with Crippen molar-refractivity contribution in [2.24, 2.45) is 11.8 Å². The molecule has 0 unspecified atom stereocenters. The molecule has 0 fully saturated rings. The molecule has 0 saturated carbocycles. The van der Waals surface area contributed by atoms with Gasteiger partial charge in [-0.05, 0) is 37.5 Å². The summed E-state index contributed by atoms with van der Waals surface area (Å²) in [5.41, 5.74) is 0. The van der Waals surface area contributed by atoms with E-state index in [4.69, 9.17) is 9.47 Å². The van der Waals surface area contributed by atoms with E-state index in [0.717, 1.165) is 50.4 Å². The number of hydrogen-bond donors (Lipinski definition) is 0. The van der Waals surface area contributed by atoms with Crippen molar-refractivity contribution in [1.29, 1.82) is 0 Å². The van der Waals surface area contributed by atoms with Crippen LogP contribution in [-0.4, -0.2) is 25.2 Å². The van der Waals surface area contributed by atoms with Gasteiger partial charge in [0.25, 0.3) is 0 Å². The Morgan fingerprint density at radius 1 is 0.577 bits per heavy atom. The predicted molar refractivity (Wildman–Crippen MR) is 107 cm³/mol. The fourth-order valence-electron chi connectivity index (χ4n) is 2.72. The molecule has 0 aliphatic carbocycles. The fraction of sp³-hybridized carbons (Fsp3) is 0.909. The van der Waals surface area contributed by atoms with E-state index in [0.29, 0.717) is 26.1 Å². The lowest BCUT2D eigenvalue weighted by atomic mass is 10.0. The molecular formula is C22H42O4. The van der Waals surface area contributed by atoms with Crippen molar-refractivity contribution in [2.75, 3.05) is 13.2 Å². The second kappa shape index (κ2) is 17.4. The molecule has 0 aliphatic rings. The third kappa shape index (κ3) is 19.3. The first-order valence-corrected chi connectivity index (χ1v) is 10.7. The van der Waals surface area contributed by atoms with Crippen molar-refractivity contribution < 1.29 is 19.1 Å². The van der Waals surface area contributed by atoms with Gasteiger partial charge in [0.05, 0.1) is 13.2 Å². The molecule has 0 spiro atoms. The van der Waals surface area contributed by atoms with E-state index in [1.54, 1.807) is 0 Å². The minimum atomic E-state index is -0.104. The Morgan fingerprint density at radius 2 is 0.962 bits per heavy atom. The van der Waals surface area contributed by atoms with E-state index in [1.807, 2.05) is 0 Å². The standard InChI is InChI=1S/C22H42O4/c1-19(2)13-7-5-9-15-21(23)25-17-11-12-18-26-22(24)16-10-6-8-14-20(3)4/h19-20H,5-18H2,1-4H3. The Kier molecular flexibility index (Phi) is 16.7. The number of rotatable bonds is 17. The smallest absolute Gasteiger partial charge is 0.305 e. The zero-order valence-corrected chi connectivity index (χ0v) is 17.7. The summed E-state index contributed by atoms with van der Waals surface area (Å²) >= 11 is 0. The summed E-state index contributed by atoms with van der Waals surface area (Å²) in [6.45, 7) is 9.74. The zero-order chi connectivity index (χ0) is 19.6. The first kappa shape index (κ1) is 24.9. The molecule has 0 saturated heterocycles. The summed E-state index contributed by atoms with van der Waals surface area (Å²) in [5.74, 6) is 1.27. The van der Waals surface area contributed by atoms with Gasteiger partial charge in [0.15, 0.2) is 0 Å². The molecule has 0 aliphatic heterocycles. The summed E-state index contributed by atoms with van der Waals surface area (Å²) in [4.78, 5) is 23.2. The molecular weight excluding hydrogens is 328 g/mol. The van der Waals surface area contributed by atoms with E-state index >= 15 is 0 Å². The van der Waals surface area contributed by atoms with E-state index in [1.165, 1.54) is 25.7 Å². The Balaban J connectivity index is 3.33. The van der Waals surface area contributed by atoms with Crippen LogP contribution in [0.2, 0.25) is 0 Å². The molecule has 0 bridgehead atoms. The van der Waals surface area contributed by atoms with Gasteiger partial charge in [-0.1, -0.05) is 66.2 Å². The highest BCUT2D eigenvalue weighted by Gasteiger charge is 2.05. The van der Waals surface area contributed by atoms with Crippen LogP contribution in [0.15, 0.2) is 0 Å². The zero-order valence-electron chi connectivity index (χ0n) is 17.7. The highest BCUT2D eigenvalue weighted by atomic mass is 16.5. The third-order valence-corrected chi connectivity index (χ3v) is 4.39. The van der Waals surface area contributed by atoms with Crippen LogP contribution in [0.5, 0.6) is 0 Å². The molecule has 0 atom stereocenters. The lowest BCUT2D eigenvalue weighted by Gasteiger charge is -2.07. The molecule has 0 heterocycles. The van der Waals surface area contributed by atoms with Crippen molar-refractivity contribution >= 4 is 11.9 Å². The van der Waals surface area contributed by atoms with Gasteiger partial charge < -0.3 is 9.47 Å². The molecule has 4 heteroatoms. The molecule has 154 valence electrons. The summed E-state index contributed by atoms with van der Waals surface area (Å²) in [6, 6.07) is 0. The molecule has 0 rings (SSSR count). The van der Waals surface area contributed by atoms with Crippen molar-refractivity contribution in [1.82, 2.24) is 0 Å². The van der Waals surface area contributed by atoms with Gasteiger partial charge in [-0.25, -0.2) is 0 Å². The second-order valence-electron chi connectivity index (χ2n) is 8.13. The van der Waals surface area contributed by atoms with Crippen LogP contribution in [-0.2, 0) is 19.1 Å². The number of hydrogen-bond acceptors (Lipinski definition) is 4. The maximum absolute atomic E-state index is 11.6. The molecule has 0 aromatic heterocycles. The molecule has 0 N–H and O–H groups in total. The molecule has 0 aromatic carbocycles. The summed E-state index contributed by atoms with van der Waals surface area (Å²) in [6.07, 6.45) is 11.4. The molecule has 4 nitrogen and oxygen atoms in total. The normalized spacial score (nSPS) is 11.2. The third-order valence-electron chi connectivity index (χ3n) is 4.39. The van der Waals surface area contributed by atoms with Gasteiger partial charge in [-0.15, -0.1) is 0 Å². The minimum Gasteiger partial charge on any atom is -0.466 e. The Hall–Kier alpha value is -1.06. The van der Waals surface area contributed by atoms with Crippen LogP contribution in [0.1, 0.15) is 105 Å². The average Bonchev–Trinajstić information content (AvgIpc) is 2.56. The van der Waals surface area contributed by atoms with Gasteiger partial charge in [-0.3, -0.25) is 9.59 Å². The topological polar surface area (TPSA) is 52.6 Å². The summed E-state index contributed by atoms with van der Waals surface area (Å²) < 4.78 is 10.4. The predicted octanol–water partition coefficient (Wildman–Crippen LogP) is 6.07. The average molecular weight is 371 g/mol. The van der Waals surface area contributed by atoms with Crippen LogP contribution >= 0.6 is 0 Å². The minimum absolute atomic E-state index is 0.104. The fourth-order valence-corrected chi connectivity index (χ4v) is 2.72. The molecule has 26 heavy (non-hydrogen) atoms. The van der Waals surface area contributed by atoms with Crippen LogP contribution in [0, 0.1) is 11.8 Å². The van der Waals surface area contributed by atoms with Gasteiger partial charge in [0.2, 0.25) is 0 Å². The lowest BCUT2D eigenvalue weighted by Crippen LogP contribution is -2.08. The van der Waals surface area contributed by atoms with Gasteiger partial charge in [0.1, 0.15) is 0 Å². The maximum atomic E-state index is 11.6. The van der Waals surface area contributed by atoms with Gasteiger partial charge in [0, 0.05) is 12.8 Å². The Bertz CT molecular complexity index is 316. The van der Waals surface area contributed by atoms with Crippen LogP contribution in [0.3, 0.4) is 0 Å². The van der Waals surface area contributed by atoms with Crippen LogP contribution < -0.4 is 0 Å². The number of unbranched alkanes of at least 4 members (excludes halogenated alkanes) is 5. The van der Waals surface area contributed by atoms with Crippen LogP contribution in [0.4, 0.5) is 0 Å². The lowest BCUT2D eigenvalue weighted by molar-refractivity contribution is -0.146. The molecule has 0 aromatic rings. The van der Waals surface area contributed by atoms with Gasteiger partial charge >= 0.3 is 11.9 Å². The summed E-state index contributed by atoms with van der Waals surface area (Å²) in [7, 11) is 0. The highest BCUT2D eigenvalue weighted by Crippen LogP contribution is 2.11. The molecule has 0 amide bonds. The van der Waals surface area contributed by atoms with Crippen molar-refractivity contribution in [3.63, 3.8) is 0 Å². The van der Waals surface area contributed by atoms with E-state index in [9.17, 15) is 9.59 Å². The number of esters is 2. The maximum Gasteiger partial charge on any atom is 0.305 e. The first-order chi connectivity index (χ1) is 12.4. The highest BCUT2D eigenvalue weighted by molar-refractivity contribution is 5.69. The summed E-state index contributed by atoms with van der Waals surface area (Å²) in [5, 5.41) is 0. The number of ether oxygens (including phenoxy) is 2.